The Bertz CT molecular complexity index is 754. The fourth-order valence-corrected chi connectivity index (χ4v) is 5.74. The zero-order chi connectivity index (χ0) is 18.2. The van der Waals surface area contributed by atoms with Gasteiger partial charge in [-0.1, -0.05) is 11.3 Å². The van der Waals surface area contributed by atoms with Crippen molar-refractivity contribution in [3.05, 3.63) is 16.2 Å². The van der Waals surface area contributed by atoms with E-state index in [4.69, 9.17) is 9.47 Å². The van der Waals surface area contributed by atoms with Gasteiger partial charge in [0.25, 0.3) is 0 Å². The SMILES string of the molecule is CCOC1CC(Nc2sc(S(C)(=O)=O)cc2[N+](=O)[O-])C12CCOCC2. The molecule has 1 N–H and O–H groups in total. The smallest absolute Gasteiger partial charge is 0.304 e. The molecule has 0 bridgehead atoms. The van der Waals surface area contributed by atoms with E-state index in [1.807, 2.05) is 6.92 Å². The Morgan fingerprint density at radius 3 is 2.72 bits per heavy atom. The van der Waals surface area contributed by atoms with Gasteiger partial charge >= 0.3 is 5.69 Å². The summed E-state index contributed by atoms with van der Waals surface area (Å²) in [6, 6.07) is 1.15. The van der Waals surface area contributed by atoms with E-state index >= 15 is 0 Å². The molecule has 1 saturated heterocycles. The Hall–Kier alpha value is -1.23. The molecule has 2 atom stereocenters. The maximum absolute atomic E-state index is 11.7. The van der Waals surface area contributed by atoms with Crippen LogP contribution in [0.1, 0.15) is 26.2 Å². The molecule has 0 aromatic carbocycles. The number of hydrogen-bond acceptors (Lipinski definition) is 8. The summed E-state index contributed by atoms with van der Waals surface area (Å²) in [5, 5.41) is 14.9. The van der Waals surface area contributed by atoms with E-state index < -0.39 is 14.8 Å². The van der Waals surface area contributed by atoms with Crippen LogP contribution in [0, 0.1) is 15.5 Å². The first-order chi connectivity index (χ1) is 11.8. The summed E-state index contributed by atoms with van der Waals surface area (Å²) in [5.74, 6) is 0. The predicted octanol–water partition coefficient (Wildman–Crippen LogP) is 2.45. The molecule has 2 fully saturated rings. The van der Waals surface area contributed by atoms with E-state index in [0.717, 1.165) is 42.9 Å². The molecule has 2 unspecified atom stereocenters. The van der Waals surface area contributed by atoms with Crippen molar-refractivity contribution in [1.82, 2.24) is 0 Å². The lowest BCUT2D eigenvalue weighted by Crippen LogP contribution is -2.63. The van der Waals surface area contributed by atoms with Crippen LogP contribution in [0.4, 0.5) is 10.7 Å². The Balaban J connectivity index is 1.86. The molecule has 2 aliphatic rings. The minimum atomic E-state index is -3.49. The second-order valence-corrected chi connectivity index (χ2v) is 9.83. The Morgan fingerprint density at radius 1 is 1.48 bits per heavy atom. The summed E-state index contributed by atoms with van der Waals surface area (Å²) >= 11 is 0.921. The molecule has 25 heavy (non-hydrogen) atoms. The number of ether oxygens (including phenoxy) is 2. The summed E-state index contributed by atoms with van der Waals surface area (Å²) in [6.07, 6.45) is 3.56. The highest BCUT2D eigenvalue weighted by Gasteiger charge is 2.56. The highest BCUT2D eigenvalue weighted by Crippen LogP contribution is 2.53. The van der Waals surface area contributed by atoms with Gasteiger partial charge in [-0.15, -0.1) is 0 Å². The van der Waals surface area contributed by atoms with Gasteiger partial charge in [-0.3, -0.25) is 10.1 Å². The summed E-state index contributed by atoms with van der Waals surface area (Å²) < 4.78 is 34.8. The number of nitrogens with one attached hydrogen (secondary N) is 1. The lowest BCUT2D eigenvalue weighted by atomic mass is 9.57. The minimum absolute atomic E-state index is 0.00316. The lowest BCUT2D eigenvalue weighted by Gasteiger charge is -2.57. The van der Waals surface area contributed by atoms with Crippen molar-refractivity contribution >= 4 is 31.9 Å². The third-order valence-corrected chi connectivity index (χ3v) is 7.99. The lowest BCUT2D eigenvalue weighted by molar-refractivity contribution is -0.383. The Morgan fingerprint density at radius 2 is 2.16 bits per heavy atom. The average Bonchev–Trinajstić information content (AvgIpc) is 2.99. The number of rotatable bonds is 6. The molecule has 1 saturated carbocycles. The van der Waals surface area contributed by atoms with Crippen LogP contribution in [0.25, 0.3) is 0 Å². The summed E-state index contributed by atoms with van der Waals surface area (Å²) in [6.45, 7) is 3.86. The van der Waals surface area contributed by atoms with Crippen molar-refractivity contribution in [1.29, 1.82) is 0 Å². The number of hydrogen-bond donors (Lipinski definition) is 1. The van der Waals surface area contributed by atoms with Crippen molar-refractivity contribution in [3.63, 3.8) is 0 Å². The van der Waals surface area contributed by atoms with E-state index in [2.05, 4.69) is 5.32 Å². The average molecular weight is 390 g/mol. The zero-order valence-electron chi connectivity index (χ0n) is 14.2. The Kier molecular flexibility index (Phi) is 5.06. The fraction of sp³-hybridized carbons (Fsp3) is 0.733. The van der Waals surface area contributed by atoms with Gasteiger partial charge in [-0.25, -0.2) is 8.42 Å². The van der Waals surface area contributed by atoms with Crippen LogP contribution in [0.3, 0.4) is 0 Å². The summed E-state index contributed by atoms with van der Waals surface area (Å²) in [5.41, 5.74) is -0.301. The van der Waals surface area contributed by atoms with Crippen LogP contribution >= 0.6 is 11.3 Å². The maximum atomic E-state index is 11.7. The van der Waals surface area contributed by atoms with Crippen molar-refractivity contribution in [3.8, 4) is 0 Å². The highest BCUT2D eigenvalue weighted by atomic mass is 32.2. The third kappa shape index (κ3) is 3.40. The van der Waals surface area contributed by atoms with Crippen LogP contribution in [-0.2, 0) is 19.3 Å². The molecular formula is C15H22N2O6S2. The second-order valence-electron chi connectivity index (χ2n) is 6.53. The molecule has 1 aliphatic heterocycles. The highest BCUT2D eigenvalue weighted by molar-refractivity contribution is 7.92. The second kappa shape index (κ2) is 6.82. The number of nitro groups is 1. The molecule has 3 rings (SSSR count). The van der Waals surface area contributed by atoms with Crippen molar-refractivity contribution in [2.75, 3.05) is 31.4 Å². The van der Waals surface area contributed by atoms with Crippen molar-refractivity contribution in [2.24, 2.45) is 5.41 Å². The van der Waals surface area contributed by atoms with Gasteiger partial charge in [0, 0.05) is 43.6 Å². The molecule has 1 spiro atoms. The fourth-order valence-electron chi connectivity index (χ4n) is 3.75. The molecular weight excluding hydrogens is 368 g/mol. The summed E-state index contributed by atoms with van der Waals surface area (Å²) in [4.78, 5) is 10.8. The standard InChI is InChI=1S/C15H22N2O6S2/c1-3-23-12-9-11(15(12)4-6-22-7-5-15)16-14-10(17(18)19)8-13(24-14)25(2,20)21/h8,11-12,16H,3-7,9H2,1-2H3. The predicted molar refractivity (Wildman–Crippen MR) is 94.0 cm³/mol. The van der Waals surface area contributed by atoms with E-state index in [0.29, 0.717) is 24.8 Å². The van der Waals surface area contributed by atoms with Gasteiger partial charge in [0.15, 0.2) is 14.8 Å². The minimum Gasteiger partial charge on any atom is -0.381 e. The van der Waals surface area contributed by atoms with Crippen LogP contribution in [0.5, 0.6) is 0 Å². The zero-order valence-corrected chi connectivity index (χ0v) is 15.8. The van der Waals surface area contributed by atoms with Gasteiger partial charge in [0.05, 0.1) is 11.0 Å². The monoisotopic (exact) mass is 390 g/mol. The molecule has 10 heteroatoms. The Labute approximate surface area is 150 Å². The van der Waals surface area contributed by atoms with E-state index in [-0.39, 0.29) is 27.5 Å². The number of nitrogens with zero attached hydrogens (tertiary/aromatic N) is 1. The van der Waals surface area contributed by atoms with E-state index in [1.165, 1.54) is 0 Å². The quantitative estimate of drug-likeness (QED) is 0.587. The van der Waals surface area contributed by atoms with Crippen LogP contribution in [0.15, 0.2) is 10.3 Å². The maximum Gasteiger partial charge on any atom is 0.304 e. The number of sulfone groups is 1. The summed E-state index contributed by atoms with van der Waals surface area (Å²) in [7, 11) is -3.49. The van der Waals surface area contributed by atoms with Gasteiger partial charge in [-0.05, 0) is 26.2 Å². The third-order valence-electron chi connectivity index (χ3n) is 5.13. The molecule has 0 radical (unpaired) electrons. The molecule has 1 aromatic rings. The van der Waals surface area contributed by atoms with Crippen LogP contribution in [0.2, 0.25) is 0 Å². The van der Waals surface area contributed by atoms with Crippen molar-refractivity contribution in [2.45, 2.75) is 42.5 Å². The van der Waals surface area contributed by atoms with Crippen molar-refractivity contribution < 1.29 is 22.8 Å². The topological polar surface area (TPSA) is 108 Å². The van der Waals surface area contributed by atoms with E-state index in [9.17, 15) is 18.5 Å². The van der Waals surface area contributed by atoms with Crippen LogP contribution in [-0.4, -0.2) is 51.6 Å². The molecule has 140 valence electrons. The largest absolute Gasteiger partial charge is 0.381 e. The number of thiophene rings is 1. The van der Waals surface area contributed by atoms with Crippen LogP contribution < -0.4 is 5.32 Å². The van der Waals surface area contributed by atoms with Gasteiger partial charge < -0.3 is 14.8 Å². The molecule has 8 nitrogen and oxygen atoms in total. The molecule has 1 aromatic heterocycles. The molecule has 2 heterocycles. The van der Waals surface area contributed by atoms with Gasteiger partial charge in [0.2, 0.25) is 0 Å². The first-order valence-corrected chi connectivity index (χ1v) is 10.9. The normalized spacial score (nSPS) is 25.5. The number of anilines is 1. The first-order valence-electron chi connectivity index (χ1n) is 8.22. The molecule has 0 amide bonds. The van der Waals surface area contributed by atoms with Gasteiger partial charge in [-0.2, -0.15) is 0 Å². The molecule has 1 aliphatic carbocycles. The van der Waals surface area contributed by atoms with E-state index in [1.54, 1.807) is 0 Å². The first kappa shape index (κ1) is 18.6. The van der Waals surface area contributed by atoms with Gasteiger partial charge in [0.1, 0.15) is 4.21 Å².